The molecule has 0 fully saturated rings. The van der Waals surface area contributed by atoms with Gasteiger partial charge in [-0.3, -0.25) is 0 Å². The second kappa shape index (κ2) is 6.49. The van der Waals surface area contributed by atoms with Crippen LogP contribution in [-0.4, -0.2) is 15.5 Å². The Morgan fingerprint density at radius 3 is 2.20 bits per heavy atom. The van der Waals surface area contributed by atoms with Crippen molar-refractivity contribution in [1.82, 2.24) is 4.13 Å². The van der Waals surface area contributed by atoms with E-state index in [9.17, 15) is 8.42 Å². The van der Waals surface area contributed by atoms with E-state index in [0.717, 1.165) is 16.8 Å². The standard InChI is InChI=1S/C13H12ClNO3S2/c1-18-11-4-8-13(9-5-11)20(16,17)15-19-12-6-2-10(14)3-7-12/h2-9,15H,1H3. The minimum absolute atomic E-state index is 0.180. The molecule has 0 spiro atoms. The minimum atomic E-state index is -3.57. The Balaban J connectivity index is 2.08. The van der Waals surface area contributed by atoms with E-state index in [0.29, 0.717) is 10.8 Å². The van der Waals surface area contributed by atoms with Crippen LogP contribution in [0, 0.1) is 0 Å². The smallest absolute Gasteiger partial charge is 0.250 e. The molecule has 4 nitrogen and oxygen atoms in total. The summed E-state index contributed by atoms with van der Waals surface area (Å²) >= 11 is 6.78. The zero-order valence-corrected chi connectivity index (χ0v) is 12.9. The van der Waals surface area contributed by atoms with Crippen LogP contribution < -0.4 is 8.86 Å². The van der Waals surface area contributed by atoms with Crippen molar-refractivity contribution in [3.05, 3.63) is 53.6 Å². The first-order chi connectivity index (χ1) is 9.51. The van der Waals surface area contributed by atoms with Crippen LogP contribution in [0.1, 0.15) is 0 Å². The number of ether oxygens (including phenoxy) is 1. The molecule has 106 valence electrons. The van der Waals surface area contributed by atoms with Crippen molar-refractivity contribution in [2.24, 2.45) is 0 Å². The zero-order chi connectivity index (χ0) is 14.6. The molecule has 2 rings (SSSR count). The molecule has 0 bridgehead atoms. The topological polar surface area (TPSA) is 55.4 Å². The summed E-state index contributed by atoms with van der Waals surface area (Å²) in [6.07, 6.45) is 0. The third-order valence-corrected chi connectivity index (χ3v) is 5.32. The molecule has 0 heterocycles. The molecule has 0 atom stereocenters. The van der Waals surface area contributed by atoms with Gasteiger partial charge in [-0.05, 0) is 60.5 Å². The molecule has 2 aromatic carbocycles. The number of sulfonamides is 1. The Labute approximate surface area is 127 Å². The van der Waals surface area contributed by atoms with Gasteiger partial charge in [-0.1, -0.05) is 11.6 Å². The van der Waals surface area contributed by atoms with Gasteiger partial charge in [-0.25, -0.2) is 8.42 Å². The van der Waals surface area contributed by atoms with Gasteiger partial charge >= 0.3 is 0 Å². The first-order valence-electron chi connectivity index (χ1n) is 5.59. The van der Waals surface area contributed by atoms with Crippen LogP contribution >= 0.6 is 23.5 Å². The summed E-state index contributed by atoms with van der Waals surface area (Å²) in [6, 6.07) is 13.1. The summed E-state index contributed by atoms with van der Waals surface area (Å²) in [5.41, 5.74) is 0. The Morgan fingerprint density at radius 1 is 1.05 bits per heavy atom. The van der Waals surface area contributed by atoms with Crippen LogP contribution in [0.2, 0.25) is 5.02 Å². The zero-order valence-electron chi connectivity index (χ0n) is 10.5. The summed E-state index contributed by atoms with van der Waals surface area (Å²) in [5, 5.41) is 0.604. The second-order valence-electron chi connectivity index (χ2n) is 3.82. The molecule has 0 aliphatic heterocycles. The molecule has 0 aliphatic rings. The van der Waals surface area contributed by atoms with Crippen LogP contribution in [0.4, 0.5) is 0 Å². The molecule has 0 saturated heterocycles. The van der Waals surface area contributed by atoms with E-state index in [4.69, 9.17) is 16.3 Å². The van der Waals surface area contributed by atoms with E-state index < -0.39 is 10.0 Å². The molecule has 0 unspecified atom stereocenters. The summed E-state index contributed by atoms with van der Waals surface area (Å²) in [5.74, 6) is 0.606. The van der Waals surface area contributed by atoms with Crippen LogP contribution in [0.5, 0.6) is 5.75 Å². The van der Waals surface area contributed by atoms with Crippen LogP contribution in [0.3, 0.4) is 0 Å². The summed E-state index contributed by atoms with van der Waals surface area (Å²) < 4.78 is 31.6. The molecule has 20 heavy (non-hydrogen) atoms. The number of benzene rings is 2. The van der Waals surface area contributed by atoms with Crippen molar-refractivity contribution < 1.29 is 13.2 Å². The first-order valence-corrected chi connectivity index (χ1v) is 8.27. The van der Waals surface area contributed by atoms with Gasteiger partial charge in [0.15, 0.2) is 0 Å². The molecule has 0 radical (unpaired) electrons. The molecule has 2 aromatic rings. The third-order valence-electron chi connectivity index (χ3n) is 2.45. The van der Waals surface area contributed by atoms with Gasteiger partial charge in [0.05, 0.1) is 12.0 Å². The van der Waals surface area contributed by atoms with Gasteiger partial charge in [0.2, 0.25) is 10.0 Å². The van der Waals surface area contributed by atoms with Crippen molar-refractivity contribution in [3.63, 3.8) is 0 Å². The highest BCUT2D eigenvalue weighted by Gasteiger charge is 2.14. The molecule has 0 aromatic heterocycles. The van der Waals surface area contributed by atoms with Gasteiger partial charge in [0.25, 0.3) is 0 Å². The molecular formula is C13H12ClNO3S2. The maximum Gasteiger partial charge on any atom is 0.250 e. The normalized spacial score (nSPS) is 11.3. The average molecular weight is 330 g/mol. The quantitative estimate of drug-likeness (QED) is 0.855. The third kappa shape index (κ3) is 3.89. The number of methoxy groups -OCH3 is 1. The van der Waals surface area contributed by atoms with Gasteiger partial charge in [0, 0.05) is 9.92 Å². The minimum Gasteiger partial charge on any atom is -0.497 e. The van der Waals surface area contributed by atoms with E-state index in [1.807, 2.05) is 0 Å². The van der Waals surface area contributed by atoms with E-state index in [1.165, 1.54) is 19.2 Å². The lowest BCUT2D eigenvalue weighted by atomic mass is 10.3. The Bertz CT molecular complexity index is 670. The Hall–Kier alpha value is -1.21. The summed E-state index contributed by atoms with van der Waals surface area (Å²) in [7, 11) is -2.04. The molecule has 7 heteroatoms. The largest absolute Gasteiger partial charge is 0.497 e. The summed E-state index contributed by atoms with van der Waals surface area (Å²) in [6.45, 7) is 0. The first kappa shape index (κ1) is 15.2. The molecule has 0 aliphatic carbocycles. The number of hydrogen-bond acceptors (Lipinski definition) is 4. The lowest BCUT2D eigenvalue weighted by Crippen LogP contribution is -2.16. The Kier molecular flexibility index (Phi) is 4.93. The summed E-state index contributed by atoms with van der Waals surface area (Å²) in [4.78, 5) is 0.936. The lowest BCUT2D eigenvalue weighted by Gasteiger charge is -2.07. The van der Waals surface area contributed by atoms with Gasteiger partial charge in [-0.2, -0.15) is 0 Å². The highest BCUT2D eigenvalue weighted by atomic mass is 35.5. The fraction of sp³-hybridized carbons (Fsp3) is 0.0769. The number of halogens is 1. The van der Waals surface area contributed by atoms with Crippen molar-refractivity contribution in [3.8, 4) is 5.75 Å². The van der Waals surface area contributed by atoms with Gasteiger partial charge < -0.3 is 4.74 Å². The Morgan fingerprint density at radius 2 is 1.65 bits per heavy atom. The molecule has 0 saturated carbocycles. The van der Waals surface area contributed by atoms with Crippen molar-refractivity contribution >= 4 is 33.6 Å². The maximum atomic E-state index is 12.1. The monoisotopic (exact) mass is 329 g/mol. The average Bonchev–Trinajstić information content (AvgIpc) is 2.47. The van der Waals surface area contributed by atoms with Crippen LogP contribution in [-0.2, 0) is 10.0 Å². The molecular weight excluding hydrogens is 318 g/mol. The molecule has 1 N–H and O–H groups in total. The van der Waals surface area contributed by atoms with E-state index in [1.54, 1.807) is 36.4 Å². The van der Waals surface area contributed by atoms with E-state index >= 15 is 0 Å². The van der Waals surface area contributed by atoms with Crippen LogP contribution in [0.25, 0.3) is 0 Å². The number of nitrogens with one attached hydrogen (secondary N) is 1. The molecule has 0 amide bonds. The number of rotatable bonds is 5. The van der Waals surface area contributed by atoms with Crippen molar-refractivity contribution in [2.45, 2.75) is 9.79 Å². The fourth-order valence-electron chi connectivity index (χ4n) is 1.41. The van der Waals surface area contributed by atoms with Gasteiger partial charge in [0.1, 0.15) is 5.75 Å². The predicted octanol–water partition coefficient (Wildman–Crippen LogP) is 3.33. The highest BCUT2D eigenvalue weighted by molar-refractivity contribution is 8.09. The van der Waals surface area contributed by atoms with E-state index in [2.05, 4.69) is 4.13 Å². The van der Waals surface area contributed by atoms with Gasteiger partial charge in [-0.15, -0.1) is 4.13 Å². The highest BCUT2D eigenvalue weighted by Crippen LogP contribution is 2.21. The van der Waals surface area contributed by atoms with E-state index in [-0.39, 0.29) is 4.90 Å². The van der Waals surface area contributed by atoms with Crippen molar-refractivity contribution in [1.29, 1.82) is 0 Å². The lowest BCUT2D eigenvalue weighted by molar-refractivity contribution is 0.414. The van der Waals surface area contributed by atoms with Crippen molar-refractivity contribution in [2.75, 3.05) is 7.11 Å². The SMILES string of the molecule is COc1ccc(S(=O)(=O)NSc2ccc(Cl)cc2)cc1. The number of hydrogen-bond donors (Lipinski definition) is 1. The fourth-order valence-corrected chi connectivity index (χ4v) is 3.51. The second-order valence-corrected chi connectivity index (χ2v) is 7.08. The predicted molar refractivity (Wildman–Crippen MR) is 80.6 cm³/mol. The van der Waals surface area contributed by atoms with Crippen LogP contribution in [0.15, 0.2) is 58.3 Å². The maximum absolute atomic E-state index is 12.1.